The maximum absolute atomic E-state index is 13.5. The lowest BCUT2D eigenvalue weighted by molar-refractivity contribution is 0.0992. The molecule has 0 aliphatic carbocycles. The molecule has 18 heavy (non-hydrogen) atoms. The van der Waals surface area contributed by atoms with Crippen LogP contribution in [-0.2, 0) is 6.42 Å². The van der Waals surface area contributed by atoms with Gasteiger partial charge in [0.25, 0.3) is 0 Å². The minimum atomic E-state index is -0.464. The van der Waals surface area contributed by atoms with Gasteiger partial charge >= 0.3 is 0 Å². The normalized spacial score (nSPS) is 10.1. The van der Waals surface area contributed by atoms with E-state index in [-0.39, 0.29) is 18.0 Å². The summed E-state index contributed by atoms with van der Waals surface area (Å²) in [4.78, 5) is 15.8. The average molecular weight is 245 g/mol. The van der Waals surface area contributed by atoms with Crippen LogP contribution in [0.4, 0.5) is 4.39 Å². The third kappa shape index (κ3) is 2.71. The second-order valence-corrected chi connectivity index (χ2v) is 3.81. The van der Waals surface area contributed by atoms with Crippen molar-refractivity contribution in [1.82, 2.24) is 4.98 Å². The molecule has 0 aliphatic rings. The SMILES string of the molecule is COc1ccc(CC(=O)c2cccnc2)cc1F. The number of rotatable bonds is 4. The van der Waals surface area contributed by atoms with E-state index in [1.54, 1.807) is 24.4 Å². The Hall–Kier alpha value is -2.23. The number of benzene rings is 1. The summed E-state index contributed by atoms with van der Waals surface area (Å²) in [5.74, 6) is -0.380. The Morgan fingerprint density at radius 3 is 2.83 bits per heavy atom. The van der Waals surface area contributed by atoms with Crippen LogP contribution in [0.5, 0.6) is 5.75 Å². The number of aromatic nitrogens is 1. The third-order valence-electron chi connectivity index (χ3n) is 2.56. The maximum Gasteiger partial charge on any atom is 0.168 e. The highest BCUT2D eigenvalue weighted by molar-refractivity contribution is 5.97. The van der Waals surface area contributed by atoms with E-state index in [2.05, 4.69) is 4.98 Å². The molecule has 0 spiro atoms. The van der Waals surface area contributed by atoms with Crippen LogP contribution >= 0.6 is 0 Å². The molecular formula is C14H12FNO2. The first-order chi connectivity index (χ1) is 8.70. The lowest BCUT2D eigenvalue weighted by Crippen LogP contribution is -2.04. The molecule has 0 amide bonds. The van der Waals surface area contributed by atoms with Crippen LogP contribution in [0.25, 0.3) is 0 Å². The first-order valence-electron chi connectivity index (χ1n) is 5.46. The van der Waals surface area contributed by atoms with Crippen LogP contribution < -0.4 is 4.74 Å². The van der Waals surface area contributed by atoms with Crippen LogP contribution in [0, 0.1) is 5.82 Å². The van der Waals surface area contributed by atoms with Gasteiger partial charge in [0, 0.05) is 24.4 Å². The van der Waals surface area contributed by atoms with E-state index in [0.29, 0.717) is 11.1 Å². The zero-order chi connectivity index (χ0) is 13.0. The zero-order valence-corrected chi connectivity index (χ0v) is 9.89. The summed E-state index contributed by atoms with van der Waals surface area (Å²) in [5.41, 5.74) is 1.14. The Morgan fingerprint density at radius 2 is 2.22 bits per heavy atom. The number of ether oxygens (including phenoxy) is 1. The highest BCUT2D eigenvalue weighted by atomic mass is 19.1. The van der Waals surface area contributed by atoms with E-state index in [4.69, 9.17) is 4.74 Å². The highest BCUT2D eigenvalue weighted by Gasteiger charge is 2.09. The Bertz CT molecular complexity index is 555. The van der Waals surface area contributed by atoms with Crippen molar-refractivity contribution < 1.29 is 13.9 Å². The van der Waals surface area contributed by atoms with Gasteiger partial charge in [-0.2, -0.15) is 0 Å². The van der Waals surface area contributed by atoms with E-state index in [1.165, 1.54) is 25.4 Å². The van der Waals surface area contributed by atoms with Crippen LogP contribution in [0.15, 0.2) is 42.7 Å². The molecule has 3 nitrogen and oxygen atoms in total. The number of carbonyl (C=O) groups excluding carboxylic acids is 1. The molecule has 0 bridgehead atoms. The number of pyridine rings is 1. The molecule has 1 aromatic carbocycles. The number of ketones is 1. The van der Waals surface area contributed by atoms with Gasteiger partial charge < -0.3 is 4.74 Å². The number of nitrogens with zero attached hydrogens (tertiary/aromatic N) is 1. The molecule has 0 aliphatic heterocycles. The van der Waals surface area contributed by atoms with Gasteiger partial charge in [0.1, 0.15) is 0 Å². The van der Waals surface area contributed by atoms with Crippen molar-refractivity contribution in [2.75, 3.05) is 7.11 Å². The van der Waals surface area contributed by atoms with E-state index < -0.39 is 5.82 Å². The molecule has 0 N–H and O–H groups in total. The van der Waals surface area contributed by atoms with Crippen molar-refractivity contribution in [2.45, 2.75) is 6.42 Å². The summed E-state index contributed by atoms with van der Waals surface area (Å²) in [6.45, 7) is 0. The molecule has 2 rings (SSSR count). The fourth-order valence-electron chi connectivity index (χ4n) is 1.64. The minimum Gasteiger partial charge on any atom is -0.494 e. The first-order valence-corrected chi connectivity index (χ1v) is 5.46. The van der Waals surface area contributed by atoms with Crippen molar-refractivity contribution in [3.63, 3.8) is 0 Å². The predicted octanol–water partition coefficient (Wildman–Crippen LogP) is 2.65. The first kappa shape index (κ1) is 12.2. The topological polar surface area (TPSA) is 39.2 Å². The van der Waals surface area contributed by atoms with Gasteiger partial charge in [-0.15, -0.1) is 0 Å². The molecule has 1 heterocycles. The van der Waals surface area contributed by atoms with Gasteiger partial charge in [-0.1, -0.05) is 6.07 Å². The van der Waals surface area contributed by atoms with Crippen LogP contribution in [0.3, 0.4) is 0 Å². The number of halogens is 1. The number of hydrogen-bond donors (Lipinski definition) is 0. The minimum absolute atomic E-state index is 0.0901. The van der Waals surface area contributed by atoms with Crippen LogP contribution in [-0.4, -0.2) is 17.9 Å². The molecule has 0 fully saturated rings. The number of carbonyl (C=O) groups is 1. The smallest absolute Gasteiger partial charge is 0.168 e. The van der Waals surface area contributed by atoms with Gasteiger partial charge in [0.2, 0.25) is 0 Å². The molecule has 0 saturated carbocycles. The molecule has 0 saturated heterocycles. The fraction of sp³-hybridized carbons (Fsp3) is 0.143. The summed E-state index contributed by atoms with van der Waals surface area (Å²) in [6.07, 6.45) is 3.25. The summed E-state index contributed by atoms with van der Waals surface area (Å²) in [6, 6.07) is 7.89. The highest BCUT2D eigenvalue weighted by Crippen LogP contribution is 2.18. The van der Waals surface area contributed by atoms with Crippen LogP contribution in [0.1, 0.15) is 15.9 Å². The van der Waals surface area contributed by atoms with Crippen molar-refractivity contribution in [1.29, 1.82) is 0 Å². The summed E-state index contributed by atoms with van der Waals surface area (Å²) in [5, 5.41) is 0. The molecule has 92 valence electrons. The number of Topliss-reactive ketones (excluding diaryl/α,β-unsaturated/α-hetero) is 1. The zero-order valence-electron chi connectivity index (χ0n) is 9.89. The molecule has 1 aromatic heterocycles. The monoisotopic (exact) mass is 245 g/mol. The molecular weight excluding hydrogens is 233 g/mol. The number of methoxy groups -OCH3 is 1. The quantitative estimate of drug-likeness (QED) is 0.777. The van der Waals surface area contributed by atoms with E-state index >= 15 is 0 Å². The third-order valence-corrected chi connectivity index (χ3v) is 2.56. The standard InChI is InChI=1S/C14H12FNO2/c1-18-14-5-4-10(7-12(14)15)8-13(17)11-3-2-6-16-9-11/h2-7,9H,8H2,1H3. The Balaban J connectivity index is 2.15. The summed E-state index contributed by atoms with van der Waals surface area (Å²) in [7, 11) is 1.40. The largest absolute Gasteiger partial charge is 0.494 e. The van der Waals surface area contributed by atoms with E-state index in [0.717, 1.165) is 0 Å². The maximum atomic E-state index is 13.5. The van der Waals surface area contributed by atoms with E-state index in [1.807, 2.05) is 0 Å². The molecule has 2 aromatic rings. The Labute approximate surface area is 104 Å². The second kappa shape index (κ2) is 5.40. The summed E-state index contributed by atoms with van der Waals surface area (Å²) >= 11 is 0. The van der Waals surface area contributed by atoms with Crippen molar-refractivity contribution in [2.24, 2.45) is 0 Å². The Kier molecular flexibility index (Phi) is 3.67. The van der Waals surface area contributed by atoms with Crippen molar-refractivity contribution >= 4 is 5.78 Å². The molecule has 0 unspecified atom stereocenters. The van der Waals surface area contributed by atoms with Gasteiger partial charge in [0.05, 0.1) is 7.11 Å². The van der Waals surface area contributed by atoms with Gasteiger partial charge in [-0.3, -0.25) is 9.78 Å². The van der Waals surface area contributed by atoms with Crippen LogP contribution in [0.2, 0.25) is 0 Å². The van der Waals surface area contributed by atoms with Crippen molar-refractivity contribution in [3.8, 4) is 5.75 Å². The van der Waals surface area contributed by atoms with Gasteiger partial charge in [-0.05, 0) is 29.8 Å². The van der Waals surface area contributed by atoms with E-state index in [9.17, 15) is 9.18 Å². The molecule has 4 heteroatoms. The predicted molar refractivity (Wildman–Crippen MR) is 65.2 cm³/mol. The average Bonchev–Trinajstić information content (AvgIpc) is 2.40. The lowest BCUT2D eigenvalue weighted by Gasteiger charge is -2.04. The molecule has 0 atom stereocenters. The fourth-order valence-corrected chi connectivity index (χ4v) is 1.64. The summed E-state index contributed by atoms with van der Waals surface area (Å²) < 4.78 is 18.3. The molecule has 0 radical (unpaired) electrons. The van der Waals surface area contributed by atoms with Gasteiger partial charge in [0.15, 0.2) is 17.3 Å². The Morgan fingerprint density at radius 1 is 1.39 bits per heavy atom. The second-order valence-electron chi connectivity index (χ2n) is 3.81. The number of hydrogen-bond acceptors (Lipinski definition) is 3. The van der Waals surface area contributed by atoms with Crippen molar-refractivity contribution in [3.05, 3.63) is 59.7 Å². The lowest BCUT2D eigenvalue weighted by atomic mass is 10.0. The van der Waals surface area contributed by atoms with Gasteiger partial charge in [-0.25, -0.2) is 4.39 Å².